The first kappa shape index (κ1) is 26.8. The van der Waals surface area contributed by atoms with Crippen molar-refractivity contribution < 1.29 is 23.8 Å². The quantitative estimate of drug-likeness (QED) is 0.243. The van der Waals surface area contributed by atoms with Crippen molar-refractivity contribution in [3.05, 3.63) is 47.9 Å². The lowest BCUT2D eigenvalue weighted by Gasteiger charge is -2.31. The molecule has 8 nitrogen and oxygen atoms in total. The number of carbonyl (C=O) groups is 2. The SMILES string of the molecule is CCOC(=O)C(CC)(C(=O)OC(C)(C)C)c1nccc(N(Cc2ccc(OC)cc2)SC2CC2)n1. The third kappa shape index (κ3) is 6.66. The maximum Gasteiger partial charge on any atom is 0.331 e. The molecule has 1 heterocycles. The van der Waals surface area contributed by atoms with Crippen LogP contribution in [-0.2, 0) is 31.0 Å². The predicted octanol–water partition coefficient (Wildman–Crippen LogP) is 4.86. The van der Waals surface area contributed by atoms with Gasteiger partial charge in [0.2, 0.25) is 5.41 Å². The molecule has 1 aliphatic carbocycles. The van der Waals surface area contributed by atoms with Gasteiger partial charge in [-0.25, -0.2) is 9.97 Å². The Bertz CT molecular complexity index is 1020. The molecule has 0 amide bonds. The van der Waals surface area contributed by atoms with Crippen molar-refractivity contribution in [3.63, 3.8) is 0 Å². The molecular weight excluding hydrogens is 466 g/mol. The zero-order valence-corrected chi connectivity index (χ0v) is 22.2. The highest BCUT2D eigenvalue weighted by molar-refractivity contribution is 8.01. The van der Waals surface area contributed by atoms with Crippen LogP contribution in [0.25, 0.3) is 0 Å². The summed E-state index contributed by atoms with van der Waals surface area (Å²) in [5.41, 5.74) is -1.46. The lowest BCUT2D eigenvalue weighted by molar-refractivity contribution is -0.173. The summed E-state index contributed by atoms with van der Waals surface area (Å²) in [4.78, 5) is 35.8. The van der Waals surface area contributed by atoms with Crippen LogP contribution in [-0.4, -0.2) is 46.5 Å². The summed E-state index contributed by atoms with van der Waals surface area (Å²) in [6, 6.07) is 9.66. The standard InChI is InChI=1S/C26H35N3O5S/c1-7-26(23(30)33-8-2,24(31)34-25(3,4)5)22-27-16-15-21(28-22)29(35-20-13-14-20)17-18-9-11-19(32-6)12-10-18/h9-12,15-16,20H,7-8,13-14,17H2,1-6H3. The summed E-state index contributed by atoms with van der Waals surface area (Å²) >= 11 is 1.71. The average Bonchev–Trinajstić information content (AvgIpc) is 3.63. The number of methoxy groups -OCH3 is 1. The largest absolute Gasteiger partial charge is 0.497 e. The molecule has 0 spiro atoms. The van der Waals surface area contributed by atoms with E-state index in [0.717, 1.165) is 24.2 Å². The highest BCUT2D eigenvalue weighted by Crippen LogP contribution is 2.40. The number of esters is 2. The van der Waals surface area contributed by atoms with E-state index >= 15 is 0 Å². The molecule has 0 radical (unpaired) electrons. The van der Waals surface area contributed by atoms with E-state index in [4.69, 9.17) is 19.2 Å². The summed E-state index contributed by atoms with van der Waals surface area (Å²) in [7, 11) is 1.64. The second kappa shape index (κ2) is 11.3. The molecule has 0 aliphatic heterocycles. The van der Waals surface area contributed by atoms with E-state index in [9.17, 15) is 9.59 Å². The molecule has 1 fully saturated rings. The van der Waals surface area contributed by atoms with Crippen LogP contribution in [0.5, 0.6) is 5.75 Å². The molecule has 1 atom stereocenters. The Morgan fingerprint density at radius 2 is 1.77 bits per heavy atom. The van der Waals surface area contributed by atoms with Crippen LogP contribution in [0.15, 0.2) is 36.5 Å². The average molecular weight is 502 g/mol. The molecule has 190 valence electrons. The number of ether oxygens (including phenoxy) is 3. The third-order valence-corrected chi connectivity index (χ3v) is 6.81. The van der Waals surface area contributed by atoms with Crippen molar-refractivity contribution in [1.82, 2.24) is 9.97 Å². The number of nitrogens with zero attached hydrogens (tertiary/aromatic N) is 3. The maximum absolute atomic E-state index is 13.4. The van der Waals surface area contributed by atoms with Gasteiger partial charge in [-0.1, -0.05) is 19.1 Å². The molecule has 3 rings (SSSR count). The fourth-order valence-electron chi connectivity index (χ4n) is 3.45. The van der Waals surface area contributed by atoms with Gasteiger partial charge in [0.25, 0.3) is 0 Å². The number of hydrogen-bond donors (Lipinski definition) is 0. The smallest absolute Gasteiger partial charge is 0.331 e. The minimum Gasteiger partial charge on any atom is -0.497 e. The zero-order valence-electron chi connectivity index (χ0n) is 21.4. The van der Waals surface area contributed by atoms with Gasteiger partial charge in [0.15, 0.2) is 5.82 Å². The fourth-order valence-corrected chi connectivity index (χ4v) is 4.59. The summed E-state index contributed by atoms with van der Waals surface area (Å²) in [5.74, 6) is 0.0822. The van der Waals surface area contributed by atoms with E-state index < -0.39 is 23.0 Å². The minimum absolute atomic E-state index is 0.0846. The number of aromatic nitrogens is 2. The Morgan fingerprint density at radius 3 is 2.31 bits per heavy atom. The van der Waals surface area contributed by atoms with Crippen molar-refractivity contribution in [1.29, 1.82) is 0 Å². The van der Waals surface area contributed by atoms with Gasteiger partial charge in [0.1, 0.15) is 17.2 Å². The maximum atomic E-state index is 13.4. The van der Waals surface area contributed by atoms with Gasteiger partial charge in [0, 0.05) is 11.4 Å². The fraction of sp³-hybridized carbons (Fsp3) is 0.538. The summed E-state index contributed by atoms with van der Waals surface area (Å²) in [6.07, 6.45) is 3.97. The van der Waals surface area contributed by atoms with Crippen molar-refractivity contribution >= 4 is 29.7 Å². The molecule has 2 aromatic rings. The Morgan fingerprint density at radius 1 is 1.09 bits per heavy atom. The van der Waals surface area contributed by atoms with Crippen molar-refractivity contribution in [2.45, 2.75) is 76.7 Å². The number of rotatable bonds is 11. The number of carbonyl (C=O) groups excluding carboxylic acids is 2. The van der Waals surface area contributed by atoms with Crippen molar-refractivity contribution in [2.24, 2.45) is 0 Å². The van der Waals surface area contributed by atoms with Gasteiger partial charge in [-0.3, -0.25) is 13.9 Å². The first-order valence-electron chi connectivity index (χ1n) is 11.9. The summed E-state index contributed by atoms with van der Waals surface area (Å²) < 4.78 is 18.3. The molecule has 0 bridgehead atoms. The van der Waals surface area contributed by atoms with Gasteiger partial charge in [-0.05, 0) is 82.7 Å². The Hall–Kier alpha value is -2.81. The third-order valence-electron chi connectivity index (χ3n) is 5.47. The number of hydrogen-bond acceptors (Lipinski definition) is 9. The van der Waals surface area contributed by atoms with E-state index in [2.05, 4.69) is 9.29 Å². The number of benzene rings is 1. The van der Waals surface area contributed by atoms with Crippen LogP contribution >= 0.6 is 11.9 Å². The van der Waals surface area contributed by atoms with Gasteiger partial charge in [-0.15, -0.1) is 0 Å². The molecule has 1 aromatic heterocycles. The highest BCUT2D eigenvalue weighted by atomic mass is 32.2. The normalized spacial score (nSPS) is 15.1. The molecule has 9 heteroatoms. The molecule has 0 saturated heterocycles. The molecule has 1 aliphatic rings. The monoisotopic (exact) mass is 501 g/mol. The predicted molar refractivity (Wildman–Crippen MR) is 136 cm³/mol. The van der Waals surface area contributed by atoms with Crippen LogP contribution in [0, 0.1) is 0 Å². The van der Waals surface area contributed by atoms with Crippen LogP contribution < -0.4 is 9.04 Å². The summed E-state index contributed by atoms with van der Waals surface area (Å²) in [6.45, 7) is 9.44. The van der Waals surface area contributed by atoms with Gasteiger partial charge in [0.05, 0.1) is 20.3 Å². The molecule has 1 saturated carbocycles. The highest BCUT2D eigenvalue weighted by Gasteiger charge is 2.53. The van der Waals surface area contributed by atoms with Crippen LogP contribution in [0.1, 0.15) is 65.3 Å². The second-order valence-electron chi connectivity index (χ2n) is 9.41. The first-order valence-corrected chi connectivity index (χ1v) is 12.8. The van der Waals surface area contributed by atoms with Crippen LogP contribution in [0.3, 0.4) is 0 Å². The lowest BCUT2D eigenvalue weighted by atomic mass is 9.83. The molecule has 0 N–H and O–H groups in total. The zero-order chi connectivity index (χ0) is 25.6. The molecule has 1 unspecified atom stereocenters. The van der Waals surface area contributed by atoms with E-state index in [1.807, 2.05) is 24.3 Å². The van der Waals surface area contributed by atoms with Crippen LogP contribution in [0.4, 0.5) is 5.82 Å². The van der Waals surface area contributed by atoms with Gasteiger partial charge >= 0.3 is 11.9 Å². The van der Waals surface area contributed by atoms with E-state index in [-0.39, 0.29) is 18.9 Å². The molecule has 35 heavy (non-hydrogen) atoms. The molecule has 1 aromatic carbocycles. The van der Waals surface area contributed by atoms with Crippen molar-refractivity contribution in [2.75, 3.05) is 18.0 Å². The first-order chi connectivity index (χ1) is 16.6. The van der Waals surface area contributed by atoms with Crippen LogP contribution in [0.2, 0.25) is 0 Å². The van der Waals surface area contributed by atoms with Gasteiger partial charge < -0.3 is 14.2 Å². The van der Waals surface area contributed by atoms with Gasteiger partial charge in [-0.2, -0.15) is 0 Å². The molecular formula is C26H35N3O5S. The Kier molecular flexibility index (Phi) is 8.64. The Balaban J connectivity index is 2.00. The summed E-state index contributed by atoms with van der Waals surface area (Å²) in [5, 5.41) is 0.513. The van der Waals surface area contributed by atoms with E-state index in [1.165, 1.54) is 0 Å². The Labute approximate surface area is 211 Å². The topological polar surface area (TPSA) is 90.9 Å². The number of anilines is 1. The van der Waals surface area contributed by atoms with Crippen molar-refractivity contribution in [3.8, 4) is 5.75 Å². The minimum atomic E-state index is -1.75. The van der Waals surface area contributed by atoms with E-state index in [1.54, 1.807) is 65.9 Å². The van der Waals surface area contributed by atoms with E-state index in [0.29, 0.717) is 17.6 Å². The second-order valence-corrected chi connectivity index (χ2v) is 10.7. The lowest BCUT2D eigenvalue weighted by Crippen LogP contribution is -2.49.